The lowest BCUT2D eigenvalue weighted by Gasteiger charge is -2.09. The maximum Gasteiger partial charge on any atom is 0.176 e. The molecule has 1 rings (SSSR count). The summed E-state index contributed by atoms with van der Waals surface area (Å²) in [4.78, 5) is 10.7. The predicted octanol–water partition coefficient (Wildman–Crippen LogP) is -0.0171. The molecule has 0 aliphatic heterocycles. The number of carbonyl (C=O) groups excluding carboxylic acids is 1. The van der Waals surface area contributed by atoms with Gasteiger partial charge in [0.1, 0.15) is 5.76 Å². The van der Waals surface area contributed by atoms with Gasteiger partial charge in [0.05, 0.1) is 13.2 Å². The number of methoxy groups -OCH3 is 1. The molecule has 0 aromatic rings. The van der Waals surface area contributed by atoms with Crippen LogP contribution in [-0.2, 0) is 9.53 Å². The minimum atomic E-state index is -0.528. The number of hydrogen-bond donors (Lipinski definition) is 1. The van der Waals surface area contributed by atoms with Gasteiger partial charge in [-0.25, -0.2) is 0 Å². The lowest BCUT2D eigenvalue weighted by molar-refractivity contribution is -0.115. The van der Waals surface area contributed by atoms with E-state index in [0.717, 1.165) is 0 Å². The maximum absolute atomic E-state index is 10.7. The van der Waals surface area contributed by atoms with Crippen LogP contribution < -0.4 is 5.73 Å². The van der Waals surface area contributed by atoms with Crippen LogP contribution >= 0.6 is 0 Å². The van der Waals surface area contributed by atoms with Gasteiger partial charge in [0, 0.05) is 0 Å². The molecule has 0 radical (unpaired) electrons. The Labute approximate surface area is 59.2 Å². The molecule has 1 aliphatic carbocycles. The van der Waals surface area contributed by atoms with E-state index in [2.05, 4.69) is 0 Å². The average molecular weight is 139 g/mol. The van der Waals surface area contributed by atoms with Crippen LogP contribution in [0, 0.1) is 0 Å². The zero-order valence-electron chi connectivity index (χ0n) is 5.70. The molecule has 1 atom stereocenters. The second-order valence-corrected chi connectivity index (χ2v) is 2.03. The number of allylic oxidation sites excluding steroid dienone is 1. The number of carbonyl (C=O) groups is 1. The predicted molar refractivity (Wildman–Crippen MR) is 37.2 cm³/mol. The fraction of sp³-hybridized carbons (Fsp3) is 0.286. The molecule has 54 valence electrons. The Morgan fingerprint density at radius 2 is 2.30 bits per heavy atom. The van der Waals surface area contributed by atoms with Crippen LogP contribution in [0.2, 0.25) is 0 Å². The van der Waals surface area contributed by atoms with Gasteiger partial charge in [0.15, 0.2) is 5.78 Å². The minimum absolute atomic E-state index is 0.0826. The fourth-order valence-corrected chi connectivity index (χ4v) is 0.726. The van der Waals surface area contributed by atoms with Crippen molar-refractivity contribution in [1.82, 2.24) is 0 Å². The smallest absolute Gasteiger partial charge is 0.176 e. The molecule has 0 aromatic heterocycles. The number of nitrogens with two attached hydrogens (primary N) is 1. The number of rotatable bonds is 1. The number of ketones is 1. The Hall–Kier alpha value is -1.09. The molecular weight excluding hydrogens is 130 g/mol. The second kappa shape index (κ2) is 2.66. The van der Waals surface area contributed by atoms with Crippen LogP contribution in [0.4, 0.5) is 0 Å². The van der Waals surface area contributed by atoms with Gasteiger partial charge in [-0.2, -0.15) is 0 Å². The van der Waals surface area contributed by atoms with E-state index in [4.69, 9.17) is 10.5 Å². The van der Waals surface area contributed by atoms with Crippen molar-refractivity contribution in [2.45, 2.75) is 6.04 Å². The average Bonchev–Trinajstić information content (AvgIpc) is 1.95. The number of hydrogen-bond acceptors (Lipinski definition) is 3. The summed E-state index contributed by atoms with van der Waals surface area (Å²) in [5, 5.41) is 0. The van der Waals surface area contributed by atoms with E-state index in [9.17, 15) is 4.79 Å². The van der Waals surface area contributed by atoms with Crippen LogP contribution in [-0.4, -0.2) is 18.9 Å². The Balaban J connectivity index is 2.75. The molecular formula is C7H9NO2. The molecule has 0 spiro atoms. The summed E-state index contributed by atoms with van der Waals surface area (Å²) in [5.74, 6) is 0.563. The van der Waals surface area contributed by atoms with Crippen LogP contribution in [0.1, 0.15) is 0 Å². The first-order chi connectivity index (χ1) is 4.74. The Bertz CT molecular complexity index is 206. The van der Waals surface area contributed by atoms with Crippen molar-refractivity contribution in [2.75, 3.05) is 7.11 Å². The summed E-state index contributed by atoms with van der Waals surface area (Å²) < 4.78 is 4.85. The van der Waals surface area contributed by atoms with Crippen molar-refractivity contribution < 1.29 is 9.53 Å². The van der Waals surface area contributed by atoms with E-state index in [1.165, 1.54) is 6.08 Å². The van der Waals surface area contributed by atoms with Gasteiger partial charge in [-0.3, -0.25) is 4.79 Å². The first-order valence-electron chi connectivity index (χ1n) is 2.97. The van der Waals surface area contributed by atoms with E-state index in [1.54, 1.807) is 19.3 Å². The largest absolute Gasteiger partial charge is 0.497 e. The fourth-order valence-electron chi connectivity index (χ4n) is 0.726. The van der Waals surface area contributed by atoms with Gasteiger partial charge < -0.3 is 10.5 Å². The van der Waals surface area contributed by atoms with Crippen LogP contribution in [0.15, 0.2) is 24.0 Å². The quantitative estimate of drug-likeness (QED) is 0.555. The standard InChI is InChI=1S/C7H9NO2/c1-10-5-2-3-7(9)6(8)4-5/h2-4,6H,8H2,1H3. The summed E-state index contributed by atoms with van der Waals surface area (Å²) in [6.07, 6.45) is 4.61. The highest BCUT2D eigenvalue weighted by molar-refractivity contribution is 5.97. The van der Waals surface area contributed by atoms with Crippen molar-refractivity contribution in [2.24, 2.45) is 5.73 Å². The lowest BCUT2D eigenvalue weighted by Crippen LogP contribution is -2.28. The van der Waals surface area contributed by atoms with Gasteiger partial charge in [-0.15, -0.1) is 0 Å². The van der Waals surface area contributed by atoms with Gasteiger partial charge >= 0.3 is 0 Å². The molecule has 0 heterocycles. The summed E-state index contributed by atoms with van der Waals surface area (Å²) in [6, 6.07) is -0.528. The van der Waals surface area contributed by atoms with E-state index < -0.39 is 6.04 Å². The molecule has 2 N–H and O–H groups in total. The molecule has 3 nitrogen and oxygen atoms in total. The van der Waals surface area contributed by atoms with E-state index in [0.29, 0.717) is 5.76 Å². The first-order valence-corrected chi connectivity index (χ1v) is 2.97. The van der Waals surface area contributed by atoms with Crippen molar-refractivity contribution in [3.63, 3.8) is 0 Å². The molecule has 1 aliphatic rings. The SMILES string of the molecule is COC1=CC(N)C(=O)C=C1. The van der Waals surface area contributed by atoms with Crippen molar-refractivity contribution in [3.8, 4) is 0 Å². The highest BCUT2D eigenvalue weighted by Gasteiger charge is 2.12. The third-order valence-corrected chi connectivity index (χ3v) is 1.32. The van der Waals surface area contributed by atoms with Crippen LogP contribution in [0.25, 0.3) is 0 Å². The highest BCUT2D eigenvalue weighted by atomic mass is 16.5. The van der Waals surface area contributed by atoms with Gasteiger partial charge in [0.2, 0.25) is 0 Å². The summed E-state index contributed by atoms with van der Waals surface area (Å²) in [5.41, 5.74) is 5.39. The minimum Gasteiger partial charge on any atom is -0.497 e. The van der Waals surface area contributed by atoms with Gasteiger partial charge in [0.25, 0.3) is 0 Å². The molecule has 0 saturated carbocycles. The topological polar surface area (TPSA) is 52.3 Å². The first kappa shape index (κ1) is 7.02. The van der Waals surface area contributed by atoms with Crippen molar-refractivity contribution >= 4 is 5.78 Å². The van der Waals surface area contributed by atoms with Crippen molar-refractivity contribution in [1.29, 1.82) is 0 Å². The normalized spacial score (nSPS) is 24.4. The Morgan fingerprint density at radius 1 is 1.60 bits per heavy atom. The van der Waals surface area contributed by atoms with Crippen molar-refractivity contribution in [3.05, 3.63) is 24.0 Å². The highest BCUT2D eigenvalue weighted by Crippen LogP contribution is 2.05. The van der Waals surface area contributed by atoms with Gasteiger partial charge in [-0.05, 0) is 18.2 Å². The summed E-state index contributed by atoms with van der Waals surface area (Å²) in [7, 11) is 1.54. The molecule has 0 amide bonds. The molecule has 1 unspecified atom stereocenters. The molecule has 0 fully saturated rings. The zero-order valence-corrected chi connectivity index (χ0v) is 5.70. The monoisotopic (exact) mass is 139 g/mol. The summed E-state index contributed by atoms with van der Waals surface area (Å²) >= 11 is 0. The molecule has 3 heteroatoms. The maximum atomic E-state index is 10.7. The second-order valence-electron chi connectivity index (χ2n) is 2.03. The van der Waals surface area contributed by atoms with E-state index in [-0.39, 0.29) is 5.78 Å². The van der Waals surface area contributed by atoms with E-state index in [1.807, 2.05) is 0 Å². The molecule has 10 heavy (non-hydrogen) atoms. The third kappa shape index (κ3) is 1.25. The molecule has 0 aromatic carbocycles. The van der Waals surface area contributed by atoms with E-state index >= 15 is 0 Å². The van der Waals surface area contributed by atoms with Gasteiger partial charge in [-0.1, -0.05) is 0 Å². The molecule has 0 bridgehead atoms. The number of ether oxygens (including phenoxy) is 1. The lowest BCUT2D eigenvalue weighted by atomic mass is 10.1. The molecule has 0 saturated heterocycles. The Morgan fingerprint density at radius 3 is 2.80 bits per heavy atom. The van der Waals surface area contributed by atoms with Crippen LogP contribution in [0.3, 0.4) is 0 Å². The van der Waals surface area contributed by atoms with Crippen LogP contribution in [0.5, 0.6) is 0 Å². The zero-order chi connectivity index (χ0) is 7.56. The Kier molecular flexibility index (Phi) is 1.87. The summed E-state index contributed by atoms with van der Waals surface area (Å²) in [6.45, 7) is 0. The third-order valence-electron chi connectivity index (χ3n) is 1.32.